The Kier molecular flexibility index (Phi) is 4.54. The normalized spacial score (nSPS) is 15.9. The van der Waals surface area contributed by atoms with Crippen molar-refractivity contribution >= 4 is 17.5 Å². The number of rotatable bonds is 4. The van der Waals surface area contributed by atoms with E-state index in [2.05, 4.69) is 20.6 Å². The Labute approximate surface area is 113 Å². The first kappa shape index (κ1) is 13.6. The van der Waals surface area contributed by atoms with Gasteiger partial charge in [0.2, 0.25) is 5.91 Å². The average molecular weight is 263 g/mol. The number of carbonyl (C=O) groups is 1. The first-order valence-electron chi connectivity index (χ1n) is 6.86. The van der Waals surface area contributed by atoms with Crippen molar-refractivity contribution in [3.63, 3.8) is 0 Å². The highest BCUT2D eigenvalue weighted by Gasteiger charge is 2.17. The molecule has 0 unspecified atom stereocenters. The molecule has 0 aliphatic carbocycles. The Hall–Kier alpha value is -1.85. The fraction of sp³-hybridized carbons (Fsp3) is 0.615. The SMILES string of the molecule is CCNc1cc(N2CCCNC(=O)C2)nc(CC)n1. The zero-order valence-electron chi connectivity index (χ0n) is 11.6. The van der Waals surface area contributed by atoms with Crippen molar-refractivity contribution in [1.29, 1.82) is 0 Å². The predicted octanol–water partition coefficient (Wildman–Crippen LogP) is 0.797. The van der Waals surface area contributed by atoms with Crippen LogP contribution in [0, 0.1) is 0 Å². The number of hydrogen-bond donors (Lipinski definition) is 2. The van der Waals surface area contributed by atoms with Crippen LogP contribution in [0.5, 0.6) is 0 Å². The molecule has 0 aromatic carbocycles. The van der Waals surface area contributed by atoms with Gasteiger partial charge in [-0.2, -0.15) is 0 Å². The summed E-state index contributed by atoms with van der Waals surface area (Å²) in [5, 5.41) is 6.08. The van der Waals surface area contributed by atoms with E-state index in [9.17, 15) is 4.79 Å². The Morgan fingerprint density at radius 1 is 1.42 bits per heavy atom. The van der Waals surface area contributed by atoms with Crippen LogP contribution >= 0.6 is 0 Å². The highest BCUT2D eigenvalue weighted by molar-refractivity contribution is 5.81. The second-order valence-corrected chi connectivity index (χ2v) is 4.54. The zero-order chi connectivity index (χ0) is 13.7. The van der Waals surface area contributed by atoms with Crippen LogP contribution in [-0.2, 0) is 11.2 Å². The van der Waals surface area contributed by atoms with Crippen LogP contribution in [0.25, 0.3) is 0 Å². The molecule has 0 bridgehead atoms. The Morgan fingerprint density at radius 3 is 3.00 bits per heavy atom. The Balaban J connectivity index is 2.25. The first-order valence-corrected chi connectivity index (χ1v) is 6.86. The van der Waals surface area contributed by atoms with Gasteiger partial charge in [-0.25, -0.2) is 9.97 Å². The van der Waals surface area contributed by atoms with Gasteiger partial charge < -0.3 is 15.5 Å². The fourth-order valence-corrected chi connectivity index (χ4v) is 2.08. The highest BCUT2D eigenvalue weighted by Crippen LogP contribution is 2.17. The van der Waals surface area contributed by atoms with Crippen molar-refractivity contribution in [3.05, 3.63) is 11.9 Å². The molecule has 0 radical (unpaired) electrons. The summed E-state index contributed by atoms with van der Waals surface area (Å²) in [6.07, 6.45) is 1.72. The van der Waals surface area contributed by atoms with Gasteiger partial charge in [0.15, 0.2) is 0 Å². The van der Waals surface area contributed by atoms with Gasteiger partial charge in [-0.1, -0.05) is 6.92 Å². The summed E-state index contributed by atoms with van der Waals surface area (Å²) in [6, 6.07) is 1.92. The third-order valence-corrected chi connectivity index (χ3v) is 3.02. The van der Waals surface area contributed by atoms with Gasteiger partial charge in [-0.05, 0) is 13.3 Å². The first-order chi connectivity index (χ1) is 9.22. The molecule has 1 amide bonds. The largest absolute Gasteiger partial charge is 0.370 e. The number of carbonyl (C=O) groups excluding carboxylic acids is 1. The van der Waals surface area contributed by atoms with Crippen LogP contribution in [0.1, 0.15) is 26.1 Å². The smallest absolute Gasteiger partial charge is 0.239 e. The molecule has 0 saturated carbocycles. The summed E-state index contributed by atoms with van der Waals surface area (Å²) < 4.78 is 0. The standard InChI is InChI=1S/C13H21N5O/c1-3-10-16-11(14-4-2)8-12(17-10)18-7-5-6-15-13(19)9-18/h8H,3-7,9H2,1-2H3,(H,15,19)(H,14,16,17). The molecule has 2 rings (SSSR count). The molecule has 1 aliphatic rings. The molecular formula is C13H21N5O. The minimum Gasteiger partial charge on any atom is -0.370 e. The summed E-state index contributed by atoms with van der Waals surface area (Å²) in [7, 11) is 0. The highest BCUT2D eigenvalue weighted by atomic mass is 16.2. The van der Waals surface area contributed by atoms with Crippen molar-refractivity contribution in [2.24, 2.45) is 0 Å². The van der Waals surface area contributed by atoms with Gasteiger partial charge in [-0.15, -0.1) is 0 Å². The van der Waals surface area contributed by atoms with Crippen molar-refractivity contribution in [1.82, 2.24) is 15.3 Å². The van der Waals surface area contributed by atoms with Gasteiger partial charge in [0.25, 0.3) is 0 Å². The van der Waals surface area contributed by atoms with E-state index < -0.39 is 0 Å². The van der Waals surface area contributed by atoms with Crippen LogP contribution in [0.3, 0.4) is 0 Å². The summed E-state index contributed by atoms with van der Waals surface area (Å²) in [6.45, 7) is 6.83. The van der Waals surface area contributed by atoms with Crippen LogP contribution in [0.4, 0.5) is 11.6 Å². The maximum absolute atomic E-state index is 11.6. The number of hydrogen-bond acceptors (Lipinski definition) is 5. The van der Waals surface area contributed by atoms with E-state index in [4.69, 9.17) is 0 Å². The second kappa shape index (κ2) is 6.36. The number of anilines is 2. The average Bonchev–Trinajstić information content (AvgIpc) is 2.63. The van der Waals surface area contributed by atoms with E-state index in [-0.39, 0.29) is 5.91 Å². The number of amides is 1. The van der Waals surface area contributed by atoms with Crippen LogP contribution in [0.2, 0.25) is 0 Å². The third kappa shape index (κ3) is 3.56. The molecule has 2 heterocycles. The lowest BCUT2D eigenvalue weighted by atomic mass is 10.3. The van der Waals surface area contributed by atoms with Gasteiger partial charge in [-0.3, -0.25) is 4.79 Å². The predicted molar refractivity (Wildman–Crippen MR) is 75.4 cm³/mol. The maximum Gasteiger partial charge on any atom is 0.239 e. The second-order valence-electron chi connectivity index (χ2n) is 4.54. The van der Waals surface area contributed by atoms with Gasteiger partial charge in [0.1, 0.15) is 17.5 Å². The van der Waals surface area contributed by atoms with E-state index in [1.54, 1.807) is 0 Å². The van der Waals surface area contributed by atoms with Gasteiger partial charge >= 0.3 is 0 Å². The van der Waals surface area contributed by atoms with E-state index in [1.807, 2.05) is 24.8 Å². The zero-order valence-corrected chi connectivity index (χ0v) is 11.6. The lowest BCUT2D eigenvalue weighted by Crippen LogP contribution is -2.33. The summed E-state index contributed by atoms with van der Waals surface area (Å²) in [4.78, 5) is 22.6. The number of nitrogens with one attached hydrogen (secondary N) is 2. The number of aromatic nitrogens is 2. The maximum atomic E-state index is 11.6. The van der Waals surface area contributed by atoms with Crippen LogP contribution in [-0.4, -0.2) is 42.1 Å². The molecule has 1 saturated heterocycles. The molecule has 1 aromatic rings. The van der Waals surface area contributed by atoms with Crippen molar-refractivity contribution in [2.45, 2.75) is 26.7 Å². The van der Waals surface area contributed by atoms with Crippen molar-refractivity contribution in [3.8, 4) is 0 Å². The molecule has 6 nitrogen and oxygen atoms in total. The fourth-order valence-electron chi connectivity index (χ4n) is 2.08. The lowest BCUT2D eigenvalue weighted by Gasteiger charge is -2.21. The summed E-state index contributed by atoms with van der Waals surface area (Å²) in [5.74, 6) is 2.52. The monoisotopic (exact) mass is 263 g/mol. The molecule has 19 heavy (non-hydrogen) atoms. The quantitative estimate of drug-likeness (QED) is 0.840. The third-order valence-electron chi connectivity index (χ3n) is 3.02. The number of aryl methyl sites for hydroxylation is 1. The summed E-state index contributed by atoms with van der Waals surface area (Å²) >= 11 is 0. The molecular weight excluding hydrogens is 242 g/mol. The van der Waals surface area contributed by atoms with E-state index in [0.29, 0.717) is 6.54 Å². The molecule has 6 heteroatoms. The van der Waals surface area contributed by atoms with Crippen LogP contribution < -0.4 is 15.5 Å². The summed E-state index contributed by atoms with van der Waals surface area (Å²) in [5.41, 5.74) is 0. The molecule has 1 aromatic heterocycles. The molecule has 0 atom stereocenters. The lowest BCUT2D eigenvalue weighted by molar-refractivity contribution is -0.119. The van der Waals surface area contributed by atoms with E-state index in [0.717, 1.165) is 49.9 Å². The number of nitrogens with zero attached hydrogens (tertiary/aromatic N) is 3. The molecule has 1 fully saturated rings. The molecule has 2 N–H and O–H groups in total. The molecule has 0 spiro atoms. The Bertz CT molecular complexity index is 449. The Morgan fingerprint density at radius 2 is 2.26 bits per heavy atom. The molecule has 1 aliphatic heterocycles. The minimum absolute atomic E-state index is 0.0548. The topological polar surface area (TPSA) is 70.2 Å². The minimum atomic E-state index is 0.0548. The van der Waals surface area contributed by atoms with E-state index >= 15 is 0 Å². The van der Waals surface area contributed by atoms with Gasteiger partial charge in [0.05, 0.1) is 6.54 Å². The van der Waals surface area contributed by atoms with Crippen LogP contribution in [0.15, 0.2) is 6.07 Å². The van der Waals surface area contributed by atoms with Crippen molar-refractivity contribution < 1.29 is 4.79 Å². The van der Waals surface area contributed by atoms with E-state index in [1.165, 1.54) is 0 Å². The van der Waals surface area contributed by atoms with Gasteiger partial charge in [0, 0.05) is 32.1 Å². The molecule has 104 valence electrons. The van der Waals surface area contributed by atoms with Crippen molar-refractivity contribution in [2.75, 3.05) is 36.4 Å².